The smallest absolute Gasteiger partial charge is 0.323 e. The van der Waals surface area contributed by atoms with E-state index in [4.69, 9.17) is 4.84 Å². The summed E-state index contributed by atoms with van der Waals surface area (Å²) in [6, 6.07) is 7.82. The number of imidazole rings is 1. The van der Waals surface area contributed by atoms with Crippen LogP contribution in [0.2, 0.25) is 0 Å². The molecule has 1 amide bonds. The molecule has 104 valence electrons. The highest BCUT2D eigenvalue weighted by atomic mass is 32.2. The van der Waals surface area contributed by atoms with Crippen molar-refractivity contribution >= 4 is 34.7 Å². The van der Waals surface area contributed by atoms with Crippen LogP contribution in [-0.4, -0.2) is 33.3 Å². The highest BCUT2D eigenvalue weighted by Gasteiger charge is 2.40. The lowest BCUT2D eigenvalue weighted by Gasteiger charge is -2.16. The second kappa shape index (κ2) is 4.52. The first-order valence-corrected chi connectivity index (χ1v) is 6.98. The van der Waals surface area contributed by atoms with Crippen LogP contribution in [-0.2, 0) is 4.84 Å². The molecule has 6 nitrogen and oxygen atoms in total. The van der Waals surface area contributed by atoms with Gasteiger partial charge in [0.15, 0.2) is 11.0 Å². The zero-order chi connectivity index (χ0) is 14.3. The molecule has 1 aromatic heterocycles. The van der Waals surface area contributed by atoms with Gasteiger partial charge >= 0.3 is 6.09 Å². The second-order valence-corrected chi connectivity index (χ2v) is 6.46. The number of para-hydroxylation sites is 2. The number of hydrogen-bond donors (Lipinski definition) is 1. The fourth-order valence-electron chi connectivity index (χ4n) is 2.10. The lowest BCUT2D eigenvalue weighted by atomic mass is 10.2. The summed E-state index contributed by atoms with van der Waals surface area (Å²) in [6.07, 6.45) is -0.587. The SMILES string of the molecule is CNC(=O)ON=C1n2c(nc3ccccc32)SC1(C)C. The van der Waals surface area contributed by atoms with Crippen LogP contribution in [0.25, 0.3) is 11.0 Å². The molecule has 0 bridgehead atoms. The first kappa shape index (κ1) is 13.0. The highest BCUT2D eigenvalue weighted by molar-refractivity contribution is 8.01. The third-order valence-electron chi connectivity index (χ3n) is 3.05. The van der Waals surface area contributed by atoms with Crippen molar-refractivity contribution in [2.75, 3.05) is 7.05 Å². The molecule has 2 heterocycles. The van der Waals surface area contributed by atoms with E-state index in [1.165, 1.54) is 7.05 Å². The van der Waals surface area contributed by atoms with Gasteiger partial charge in [-0.3, -0.25) is 9.40 Å². The number of fused-ring (bicyclic) bond motifs is 3. The predicted molar refractivity (Wildman–Crippen MR) is 78.0 cm³/mol. The summed E-state index contributed by atoms with van der Waals surface area (Å²) in [5, 5.41) is 7.25. The van der Waals surface area contributed by atoms with Crippen molar-refractivity contribution in [2.45, 2.75) is 23.8 Å². The molecule has 20 heavy (non-hydrogen) atoms. The Morgan fingerprint density at radius 1 is 1.45 bits per heavy atom. The summed E-state index contributed by atoms with van der Waals surface area (Å²) in [6.45, 7) is 4.04. The second-order valence-electron chi connectivity index (χ2n) is 4.87. The van der Waals surface area contributed by atoms with Crippen molar-refractivity contribution in [3.63, 3.8) is 0 Å². The number of aromatic nitrogens is 2. The maximum absolute atomic E-state index is 11.2. The Bertz CT molecular complexity index is 720. The van der Waals surface area contributed by atoms with Crippen LogP contribution < -0.4 is 5.32 Å². The molecule has 0 radical (unpaired) electrons. The van der Waals surface area contributed by atoms with Gasteiger partial charge in [-0.1, -0.05) is 29.1 Å². The minimum Gasteiger partial charge on any atom is -0.323 e. The Morgan fingerprint density at radius 2 is 2.20 bits per heavy atom. The van der Waals surface area contributed by atoms with E-state index < -0.39 is 6.09 Å². The fourth-order valence-corrected chi connectivity index (χ4v) is 3.20. The number of rotatable bonds is 1. The van der Waals surface area contributed by atoms with E-state index in [1.54, 1.807) is 11.8 Å². The van der Waals surface area contributed by atoms with E-state index in [9.17, 15) is 4.79 Å². The quantitative estimate of drug-likeness (QED) is 0.647. The third-order valence-corrected chi connectivity index (χ3v) is 4.20. The molecule has 2 aromatic rings. The van der Waals surface area contributed by atoms with Crippen molar-refractivity contribution in [2.24, 2.45) is 5.16 Å². The Balaban J connectivity index is 2.12. The molecule has 1 aliphatic rings. The number of thioether (sulfide) groups is 1. The normalized spacial score (nSPS) is 18.2. The van der Waals surface area contributed by atoms with Gasteiger partial charge in [0.2, 0.25) is 0 Å². The van der Waals surface area contributed by atoms with Crippen molar-refractivity contribution in [1.82, 2.24) is 14.9 Å². The van der Waals surface area contributed by atoms with Crippen LogP contribution in [0, 0.1) is 0 Å². The molecule has 3 rings (SSSR count). The molecule has 1 N–H and O–H groups in total. The van der Waals surface area contributed by atoms with Gasteiger partial charge < -0.3 is 5.32 Å². The molecular formula is C13H14N4O2S. The summed E-state index contributed by atoms with van der Waals surface area (Å²) >= 11 is 1.60. The van der Waals surface area contributed by atoms with Crippen molar-refractivity contribution < 1.29 is 9.63 Å². The Morgan fingerprint density at radius 3 is 2.95 bits per heavy atom. The summed E-state index contributed by atoms with van der Waals surface area (Å²) in [4.78, 5) is 20.7. The molecule has 0 aliphatic carbocycles. The van der Waals surface area contributed by atoms with Gasteiger partial charge in [-0.25, -0.2) is 9.78 Å². The molecular weight excluding hydrogens is 276 g/mol. The Labute approximate surface area is 120 Å². The van der Waals surface area contributed by atoms with Gasteiger partial charge in [-0.15, -0.1) is 0 Å². The molecule has 0 spiro atoms. The maximum atomic E-state index is 11.2. The van der Waals surface area contributed by atoms with Gasteiger partial charge in [0, 0.05) is 7.05 Å². The zero-order valence-electron chi connectivity index (χ0n) is 11.4. The molecule has 0 saturated carbocycles. The van der Waals surface area contributed by atoms with Crippen LogP contribution in [0.1, 0.15) is 13.8 Å². The van der Waals surface area contributed by atoms with Gasteiger partial charge in [0.1, 0.15) is 0 Å². The Hall–Kier alpha value is -2.02. The van der Waals surface area contributed by atoms with Crippen LogP contribution in [0.15, 0.2) is 34.6 Å². The summed E-state index contributed by atoms with van der Waals surface area (Å²) in [7, 11) is 1.50. The van der Waals surface area contributed by atoms with Crippen LogP contribution in [0.5, 0.6) is 0 Å². The minimum atomic E-state index is -0.587. The van der Waals surface area contributed by atoms with E-state index in [2.05, 4.69) is 15.5 Å². The Kier molecular flexibility index (Phi) is 2.93. The average Bonchev–Trinajstić information content (AvgIpc) is 2.87. The number of carbonyl (C=O) groups is 1. The van der Waals surface area contributed by atoms with Gasteiger partial charge in [-0.2, -0.15) is 0 Å². The number of hydrogen-bond acceptors (Lipinski definition) is 5. The number of nitrogens with one attached hydrogen (secondary N) is 1. The standard InChI is InChI=1S/C13H14N4O2S/c1-13(2)10(16-19-12(18)14-3)17-9-7-5-4-6-8(9)15-11(17)20-13/h4-7H,1-3H3,(H,14,18). The van der Waals surface area contributed by atoms with Crippen LogP contribution in [0.3, 0.4) is 0 Å². The van der Waals surface area contributed by atoms with Crippen molar-refractivity contribution in [3.8, 4) is 0 Å². The molecule has 0 fully saturated rings. The van der Waals surface area contributed by atoms with Gasteiger partial charge in [0.25, 0.3) is 0 Å². The minimum absolute atomic E-state index is 0.305. The lowest BCUT2D eigenvalue weighted by molar-refractivity contribution is 0.152. The molecule has 0 saturated heterocycles. The summed E-state index contributed by atoms with van der Waals surface area (Å²) < 4.78 is 1.63. The van der Waals surface area contributed by atoms with E-state index >= 15 is 0 Å². The van der Waals surface area contributed by atoms with Crippen molar-refractivity contribution in [3.05, 3.63) is 24.3 Å². The van der Waals surface area contributed by atoms with E-state index in [-0.39, 0.29) is 4.75 Å². The topological polar surface area (TPSA) is 68.5 Å². The zero-order valence-corrected chi connectivity index (χ0v) is 12.2. The molecule has 7 heteroatoms. The van der Waals surface area contributed by atoms with E-state index in [0.717, 1.165) is 16.2 Å². The number of nitrogens with zero attached hydrogens (tertiary/aromatic N) is 3. The van der Waals surface area contributed by atoms with Crippen LogP contribution >= 0.6 is 11.8 Å². The average molecular weight is 290 g/mol. The number of carbonyl (C=O) groups excluding carboxylic acids is 1. The maximum Gasteiger partial charge on any atom is 0.433 e. The fraction of sp³-hybridized carbons (Fsp3) is 0.308. The monoisotopic (exact) mass is 290 g/mol. The first-order valence-electron chi connectivity index (χ1n) is 6.17. The molecule has 1 aliphatic heterocycles. The summed E-state index contributed by atoms with van der Waals surface area (Å²) in [5.74, 6) is 0.662. The van der Waals surface area contributed by atoms with Gasteiger partial charge in [-0.05, 0) is 26.0 Å². The number of benzene rings is 1. The number of oxime groups is 1. The van der Waals surface area contributed by atoms with Gasteiger partial charge in [0.05, 0.1) is 15.8 Å². The van der Waals surface area contributed by atoms with E-state index in [1.807, 2.05) is 42.7 Å². The molecule has 1 aromatic carbocycles. The van der Waals surface area contributed by atoms with Crippen molar-refractivity contribution in [1.29, 1.82) is 0 Å². The summed E-state index contributed by atoms with van der Waals surface area (Å²) in [5.41, 5.74) is 1.86. The predicted octanol–water partition coefficient (Wildman–Crippen LogP) is 2.44. The molecule has 0 atom stereocenters. The first-order chi connectivity index (χ1) is 9.53. The number of amides is 1. The van der Waals surface area contributed by atoms with Crippen LogP contribution in [0.4, 0.5) is 4.79 Å². The molecule has 0 unspecified atom stereocenters. The largest absolute Gasteiger partial charge is 0.433 e. The lowest BCUT2D eigenvalue weighted by Crippen LogP contribution is -2.29. The van der Waals surface area contributed by atoms with E-state index in [0.29, 0.717) is 5.84 Å². The third kappa shape index (κ3) is 1.94. The highest BCUT2D eigenvalue weighted by Crippen LogP contribution is 2.42.